The molecule has 37 heavy (non-hydrogen) atoms. The number of hydrogen-bond acceptors (Lipinski definition) is 7. The van der Waals surface area contributed by atoms with Crippen LogP contribution in [-0.4, -0.2) is 48.2 Å². The number of benzene rings is 2. The first-order valence-electron chi connectivity index (χ1n) is 12.4. The van der Waals surface area contributed by atoms with Crippen LogP contribution in [0.5, 0.6) is 0 Å². The highest BCUT2D eigenvalue weighted by Gasteiger charge is 2.33. The number of fused-ring (bicyclic) bond motifs is 3. The molecule has 0 bridgehead atoms. The number of likely N-dealkylation sites (N-methyl/N-ethyl adjacent to an activating group) is 1. The normalized spacial score (nSPS) is 15.7. The van der Waals surface area contributed by atoms with E-state index in [0.29, 0.717) is 17.3 Å². The van der Waals surface area contributed by atoms with Gasteiger partial charge in [0.25, 0.3) is 0 Å². The lowest BCUT2D eigenvalue weighted by Gasteiger charge is -2.27. The van der Waals surface area contributed by atoms with Crippen LogP contribution in [0.1, 0.15) is 37.7 Å². The number of nitrogens with zero attached hydrogens (tertiary/aromatic N) is 5. The molecular formula is C27H28N6O3S. The molecule has 1 aromatic heterocycles. The van der Waals surface area contributed by atoms with Crippen molar-refractivity contribution in [1.29, 1.82) is 5.26 Å². The number of anilines is 3. The highest BCUT2D eigenvalue weighted by atomic mass is 32.2. The predicted octanol–water partition coefficient (Wildman–Crippen LogP) is 4.25. The number of amides is 1. The quantitative estimate of drug-likeness (QED) is 0.498. The van der Waals surface area contributed by atoms with Crippen LogP contribution >= 0.6 is 0 Å². The Hall–Kier alpha value is -3.81. The third-order valence-corrected chi connectivity index (χ3v) is 8.96. The fourth-order valence-corrected chi connectivity index (χ4v) is 6.72. The highest BCUT2D eigenvalue weighted by molar-refractivity contribution is 7.89. The standard InChI is InChI=1S/C27H28N6O3S/c1-32-24-10-5-4-9-23(24)26-19(17-25(32)34)18-29-27(31-26)30-20-11-13-22(14-12-20)37(35,36)33(16-6-15-28)21-7-2-3-8-21/h4-5,9-14,18,21H,2-3,6-8,16-17H2,1H3,(H,29,30,31). The largest absolute Gasteiger partial charge is 0.324 e. The molecule has 1 N–H and O–H groups in total. The van der Waals surface area contributed by atoms with E-state index in [-0.39, 0.29) is 36.2 Å². The maximum absolute atomic E-state index is 13.4. The molecule has 0 atom stereocenters. The molecule has 0 spiro atoms. The van der Waals surface area contributed by atoms with Crippen molar-refractivity contribution < 1.29 is 13.2 Å². The van der Waals surface area contributed by atoms with Crippen molar-refractivity contribution in [2.75, 3.05) is 23.8 Å². The molecular weight excluding hydrogens is 488 g/mol. The first kappa shape index (κ1) is 24.9. The summed E-state index contributed by atoms with van der Waals surface area (Å²) in [4.78, 5) is 23.5. The summed E-state index contributed by atoms with van der Waals surface area (Å²) in [6.07, 6.45) is 5.68. The Kier molecular flexibility index (Phi) is 6.91. The van der Waals surface area contributed by atoms with Crippen molar-refractivity contribution in [2.45, 2.75) is 49.5 Å². The van der Waals surface area contributed by atoms with Crippen LogP contribution in [0.25, 0.3) is 11.3 Å². The zero-order valence-corrected chi connectivity index (χ0v) is 21.4. The summed E-state index contributed by atoms with van der Waals surface area (Å²) in [7, 11) is -1.97. The second-order valence-corrected chi connectivity index (χ2v) is 11.2. The second-order valence-electron chi connectivity index (χ2n) is 9.33. The van der Waals surface area contributed by atoms with Crippen molar-refractivity contribution in [1.82, 2.24) is 14.3 Å². The maximum atomic E-state index is 13.4. The molecule has 0 saturated heterocycles. The molecule has 1 amide bonds. The van der Waals surface area contributed by atoms with Gasteiger partial charge in [0.15, 0.2) is 0 Å². The average Bonchev–Trinajstić information content (AvgIpc) is 3.41. The molecule has 3 aromatic rings. The number of nitrogens with one attached hydrogen (secondary N) is 1. The predicted molar refractivity (Wildman–Crippen MR) is 141 cm³/mol. The van der Waals surface area contributed by atoms with E-state index in [1.54, 1.807) is 42.4 Å². The van der Waals surface area contributed by atoms with E-state index in [9.17, 15) is 13.2 Å². The Morgan fingerprint density at radius 1 is 1.14 bits per heavy atom. The molecule has 2 heterocycles. The van der Waals surface area contributed by atoms with Gasteiger partial charge in [0.05, 0.1) is 28.8 Å². The molecule has 190 valence electrons. The molecule has 1 aliphatic heterocycles. The Bertz CT molecular complexity index is 1460. The van der Waals surface area contributed by atoms with E-state index >= 15 is 0 Å². The average molecular weight is 517 g/mol. The van der Waals surface area contributed by atoms with Gasteiger partial charge >= 0.3 is 0 Å². The van der Waals surface area contributed by atoms with Crippen molar-refractivity contribution in [3.05, 3.63) is 60.3 Å². The summed E-state index contributed by atoms with van der Waals surface area (Å²) in [5.74, 6) is 0.316. The molecule has 9 nitrogen and oxygen atoms in total. The number of rotatable bonds is 7. The summed E-state index contributed by atoms with van der Waals surface area (Å²) >= 11 is 0. The van der Waals surface area contributed by atoms with E-state index in [1.165, 1.54) is 4.31 Å². The van der Waals surface area contributed by atoms with Gasteiger partial charge in [-0.05, 0) is 43.2 Å². The third-order valence-electron chi connectivity index (χ3n) is 6.99. The lowest BCUT2D eigenvalue weighted by atomic mass is 10.1. The summed E-state index contributed by atoms with van der Waals surface area (Å²) in [5, 5.41) is 12.2. The van der Waals surface area contributed by atoms with E-state index < -0.39 is 10.0 Å². The molecule has 2 aliphatic rings. The van der Waals surface area contributed by atoms with Crippen molar-refractivity contribution in [3.63, 3.8) is 0 Å². The van der Waals surface area contributed by atoms with Crippen LogP contribution in [0.3, 0.4) is 0 Å². The van der Waals surface area contributed by atoms with Crippen molar-refractivity contribution in [3.8, 4) is 17.3 Å². The van der Waals surface area contributed by atoms with Gasteiger partial charge in [-0.1, -0.05) is 31.0 Å². The second kappa shape index (κ2) is 10.3. The van der Waals surface area contributed by atoms with E-state index in [4.69, 9.17) is 10.2 Å². The minimum absolute atomic E-state index is 0.0336. The highest BCUT2D eigenvalue weighted by Crippen LogP contribution is 2.35. The number of nitriles is 1. The zero-order valence-electron chi connectivity index (χ0n) is 20.6. The number of hydrogen-bond donors (Lipinski definition) is 1. The van der Waals surface area contributed by atoms with E-state index in [1.807, 2.05) is 24.3 Å². The van der Waals surface area contributed by atoms with Gasteiger partial charge in [0, 0.05) is 49.1 Å². The fourth-order valence-electron chi connectivity index (χ4n) is 5.04. The molecule has 0 unspecified atom stereocenters. The van der Waals surface area contributed by atoms with Gasteiger partial charge in [0.1, 0.15) is 0 Å². The summed E-state index contributed by atoms with van der Waals surface area (Å²) in [6.45, 7) is 0.200. The van der Waals surface area contributed by atoms with Gasteiger partial charge in [0.2, 0.25) is 21.9 Å². The first-order chi connectivity index (χ1) is 17.9. The SMILES string of the molecule is CN1C(=O)Cc2cnc(Nc3ccc(S(=O)(=O)N(CCC#N)C4CCCC4)cc3)nc2-c2ccccc21. The molecule has 1 aliphatic carbocycles. The number of para-hydroxylation sites is 1. The van der Waals surface area contributed by atoms with Gasteiger partial charge in [-0.15, -0.1) is 0 Å². The Labute approximate surface area is 216 Å². The molecule has 10 heteroatoms. The van der Waals surface area contributed by atoms with Crippen LogP contribution in [0.4, 0.5) is 17.3 Å². The molecule has 1 fully saturated rings. The Balaban J connectivity index is 1.40. The molecule has 1 saturated carbocycles. The minimum Gasteiger partial charge on any atom is -0.324 e. The van der Waals surface area contributed by atoms with Gasteiger partial charge < -0.3 is 10.2 Å². The van der Waals surface area contributed by atoms with E-state index in [2.05, 4.69) is 16.4 Å². The fraction of sp³-hybridized carbons (Fsp3) is 0.333. The van der Waals surface area contributed by atoms with Crippen LogP contribution in [-0.2, 0) is 21.2 Å². The van der Waals surface area contributed by atoms with Crippen LogP contribution in [0, 0.1) is 11.3 Å². The summed E-state index contributed by atoms with van der Waals surface area (Å²) in [5.41, 5.74) is 3.71. The van der Waals surface area contributed by atoms with Crippen molar-refractivity contribution in [2.24, 2.45) is 0 Å². The lowest BCUT2D eigenvalue weighted by molar-refractivity contribution is -0.117. The van der Waals surface area contributed by atoms with Gasteiger partial charge in [-0.3, -0.25) is 4.79 Å². The molecule has 5 rings (SSSR count). The third kappa shape index (κ3) is 4.92. The Morgan fingerprint density at radius 2 is 1.86 bits per heavy atom. The maximum Gasteiger partial charge on any atom is 0.243 e. The smallest absolute Gasteiger partial charge is 0.243 e. The number of sulfonamides is 1. The van der Waals surface area contributed by atoms with Crippen molar-refractivity contribution >= 4 is 33.3 Å². The van der Waals surface area contributed by atoms with Crippen LogP contribution in [0.2, 0.25) is 0 Å². The summed E-state index contributed by atoms with van der Waals surface area (Å²) in [6, 6.07) is 16.1. The van der Waals surface area contributed by atoms with Gasteiger partial charge in [-0.2, -0.15) is 9.57 Å². The van der Waals surface area contributed by atoms with E-state index in [0.717, 1.165) is 42.5 Å². The Morgan fingerprint density at radius 3 is 2.59 bits per heavy atom. The zero-order chi connectivity index (χ0) is 26.0. The number of aromatic nitrogens is 2. The molecule has 0 radical (unpaired) electrons. The number of carbonyl (C=O) groups is 1. The van der Waals surface area contributed by atoms with Crippen LogP contribution in [0.15, 0.2) is 59.6 Å². The topological polar surface area (TPSA) is 119 Å². The minimum atomic E-state index is -3.72. The first-order valence-corrected chi connectivity index (χ1v) is 13.8. The summed E-state index contributed by atoms with van der Waals surface area (Å²) < 4.78 is 28.3. The lowest BCUT2D eigenvalue weighted by Crippen LogP contribution is -2.39. The van der Waals surface area contributed by atoms with Gasteiger partial charge in [-0.25, -0.2) is 18.4 Å². The monoisotopic (exact) mass is 516 g/mol. The van der Waals surface area contributed by atoms with Crippen LogP contribution < -0.4 is 10.2 Å². The molecule has 2 aromatic carbocycles. The number of carbonyl (C=O) groups excluding carboxylic acids is 1.